The van der Waals surface area contributed by atoms with Gasteiger partial charge in [0.15, 0.2) is 5.78 Å². The summed E-state index contributed by atoms with van der Waals surface area (Å²) in [5.41, 5.74) is 2.26. The van der Waals surface area contributed by atoms with E-state index in [1.165, 1.54) is 6.92 Å². The summed E-state index contributed by atoms with van der Waals surface area (Å²) in [5, 5.41) is 0.810. The smallest absolute Gasteiger partial charge is 0.220 e. The monoisotopic (exact) mass is 369 g/mol. The van der Waals surface area contributed by atoms with Crippen LogP contribution >= 0.6 is 11.6 Å². The molecule has 2 rings (SSSR count). The first-order valence-electron chi connectivity index (χ1n) is 8.94. The van der Waals surface area contributed by atoms with Gasteiger partial charge in [-0.1, -0.05) is 44.5 Å². The second-order valence-electron chi connectivity index (χ2n) is 5.71. The highest BCUT2D eigenvalue weighted by atomic mass is 35.5. The Labute approximate surface area is 157 Å². The van der Waals surface area contributed by atoms with Gasteiger partial charge in [0, 0.05) is 32.0 Å². The Kier molecular flexibility index (Phi) is 12.2. The van der Waals surface area contributed by atoms with Crippen LogP contribution in [0.15, 0.2) is 18.2 Å². The number of ether oxygens (including phenoxy) is 1. The van der Waals surface area contributed by atoms with Gasteiger partial charge >= 0.3 is 0 Å². The van der Waals surface area contributed by atoms with Crippen molar-refractivity contribution in [2.24, 2.45) is 0 Å². The number of benzene rings is 1. The number of carbonyl (C=O) groups is 2. The predicted molar refractivity (Wildman–Crippen MR) is 104 cm³/mol. The molecule has 1 saturated heterocycles. The van der Waals surface area contributed by atoms with Gasteiger partial charge in [0.2, 0.25) is 5.91 Å². The Morgan fingerprint density at radius 3 is 2.44 bits per heavy atom. The third-order valence-corrected chi connectivity index (χ3v) is 4.33. The number of likely N-dealkylation sites (tertiary alicyclic amines) is 1. The fourth-order valence-electron chi connectivity index (χ4n) is 2.68. The molecule has 1 aromatic carbocycles. The lowest BCUT2D eigenvalue weighted by atomic mass is 10.1. The van der Waals surface area contributed by atoms with Gasteiger partial charge in [-0.3, -0.25) is 9.59 Å². The molecule has 1 unspecified atom stereocenters. The fourth-order valence-corrected chi connectivity index (χ4v) is 2.79. The maximum absolute atomic E-state index is 11.3. The number of methoxy groups -OCH3 is 1. The summed E-state index contributed by atoms with van der Waals surface area (Å²) < 4.78 is 4.98. The number of Topliss-reactive ketones (excluding diaryl/α,β-unsaturated/α-hetero) is 1. The highest BCUT2D eigenvalue weighted by Crippen LogP contribution is 2.19. The fraction of sp³-hybridized carbons (Fsp3) is 0.600. The summed E-state index contributed by atoms with van der Waals surface area (Å²) in [6, 6.07) is 5.78. The van der Waals surface area contributed by atoms with E-state index >= 15 is 0 Å². The third kappa shape index (κ3) is 8.02. The summed E-state index contributed by atoms with van der Waals surface area (Å²) in [6.07, 6.45) is 2.36. The molecule has 1 aliphatic rings. The molecule has 0 spiro atoms. The lowest BCUT2D eigenvalue weighted by Gasteiger charge is -2.21. The molecule has 1 amide bonds. The molecule has 1 atom stereocenters. The van der Waals surface area contributed by atoms with Crippen molar-refractivity contribution in [3.63, 3.8) is 0 Å². The van der Waals surface area contributed by atoms with Crippen LogP contribution in [0.3, 0.4) is 0 Å². The SMILES string of the molecule is CC.CCC(=O)C1CCCN1C(C)=O.COCc1ccc(Cl)c(C)c1. The molecular weight excluding hydrogens is 338 g/mol. The number of ketones is 1. The molecule has 0 N–H and O–H groups in total. The van der Waals surface area contributed by atoms with E-state index in [-0.39, 0.29) is 17.7 Å². The van der Waals surface area contributed by atoms with E-state index < -0.39 is 0 Å². The Hall–Kier alpha value is -1.39. The van der Waals surface area contributed by atoms with Crippen molar-refractivity contribution >= 4 is 23.3 Å². The van der Waals surface area contributed by atoms with E-state index in [9.17, 15) is 9.59 Å². The molecule has 0 aromatic heterocycles. The van der Waals surface area contributed by atoms with E-state index in [1.807, 2.05) is 45.9 Å². The van der Waals surface area contributed by atoms with Gasteiger partial charge in [0.1, 0.15) is 0 Å². The topological polar surface area (TPSA) is 46.6 Å². The molecule has 1 aromatic rings. The number of aryl methyl sites for hydroxylation is 1. The Bertz CT molecular complexity index is 546. The van der Waals surface area contributed by atoms with Crippen molar-refractivity contribution in [1.82, 2.24) is 4.90 Å². The number of carbonyl (C=O) groups excluding carboxylic acids is 2. The molecule has 0 radical (unpaired) electrons. The number of nitrogens with zero attached hydrogens (tertiary/aromatic N) is 1. The first-order valence-corrected chi connectivity index (χ1v) is 9.32. The normalized spacial score (nSPS) is 15.6. The Balaban J connectivity index is 0.000000421. The third-order valence-electron chi connectivity index (χ3n) is 3.91. The van der Waals surface area contributed by atoms with Gasteiger partial charge in [-0.05, 0) is 37.0 Å². The quantitative estimate of drug-likeness (QED) is 0.765. The summed E-state index contributed by atoms with van der Waals surface area (Å²) in [4.78, 5) is 24.1. The van der Waals surface area contributed by atoms with Gasteiger partial charge in [-0.15, -0.1) is 0 Å². The van der Waals surface area contributed by atoms with Crippen LogP contribution < -0.4 is 0 Å². The molecule has 1 heterocycles. The van der Waals surface area contributed by atoms with E-state index in [0.717, 1.165) is 35.5 Å². The molecule has 4 nitrogen and oxygen atoms in total. The molecule has 0 bridgehead atoms. The van der Waals surface area contributed by atoms with Crippen LogP contribution in [0.5, 0.6) is 0 Å². The molecule has 25 heavy (non-hydrogen) atoms. The lowest BCUT2D eigenvalue weighted by molar-refractivity contribution is -0.135. The Morgan fingerprint density at radius 1 is 1.32 bits per heavy atom. The van der Waals surface area contributed by atoms with Crippen molar-refractivity contribution in [3.8, 4) is 0 Å². The average Bonchev–Trinajstić information content (AvgIpc) is 3.10. The largest absolute Gasteiger partial charge is 0.380 e. The van der Waals surface area contributed by atoms with E-state index in [1.54, 1.807) is 12.0 Å². The van der Waals surface area contributed by atoms with E-state index in [0.29, 0.717) is 13.0 Å². The molecule has 1 aliphatic heterocycles. The van der Waals surface area contributed by atoms with Gasteiger partial charge < -0.3 is 9.64 Å². The van der Waals surface area contributed by atoms with Gasteiger partial charge in [0.25, 0.3) is 0 Å². The van der Waals surface area contributed by atoms with Crippen molar-refractivity contribution in [3.05, 3.63) is 34.3 Å². The Morgan fingerprint density at radius 2 is 1.96 bits per heavy atom. The van der Waals surface area contributed by atoms with Gasteiger partial charge in [0.05, 0.1) is 12.6 Å². The van der Waals surface area contributed by atoms with Gasteiger partial charge in [-0.25, -0.2) is 0 Å². The second kappa shape index (κ2) is 12.9. The summed E-state index contributed by atoms with van der Waals surface area (Å²) in [7, 11) is 1.68. The first-order chi connectivity index (χ1) is 11.9. The van der Waals surface area contributed by atoms with Crippen molar-refractivity contribution in [1.29, 1.82) is 0 Å². The molecule has 142 valence electrons. The molecule has 0 saturated carbocycles. The highest BCUT2D eigenvalue weighted by Gasteiger charge is 2.30. The van der Waals surface area contributed by atoms with Crippen LogP contribution in [0.1, 0.15) is 58.1 Å². The maximum atomic E-state index is 11.3. The highest BCUT2D eigenvalue weighted by molar-refractivity contribution is 6.31. The number of hydrogen-bond acceptors (Lipinski definition) is 3. The predicted octanol–water partition coefficient (Wildman–Crippen LogP) is 4.80. The zero-order chi connectivity index (χ0) is 19.4. The lowest BCUT2D eigenvalue weighted by Crippen LogP contribution is -2.38. The molecular formula is C20H32ClNO3. The van der Waals surface area contributed by atoms with Crippen molar-refractivity contribution in [2.45, 2.75) is 66.5 Å². The molecule has 5 heteroatoms. The zero-order valence-electron chi connectivity index (χ0n) is 16.4. The van der Waals surface area contributed by atoms with E-state index in [2.05, 4.69) is 0 Å². The molecule has 1 fully saturated rings. The van der Waals surface area contributed by atoms with Crippen molar-refractivity contribution in [2.75, 3.05) is 13.7 Å². The number of rotatable bonds is 4. The first kappa shape index (κ1) is 23.6. The number of hydrogen-bond donors (Lipinski definition) is 0. The van der Waals surface area contributed by atoms with Crippen LogP contribution in [0, 0.1) is 6.92 Å². The van der Waals surface area contributed by atoms with Crippen LogP contribution in [-0.2, 0) is 20.9 Å². The van der Waals surface area contributed by atoms with Crippen LogP contribution in [0.25, 0.3) is 0 Å². The van der Waals surface area contributed by atoms with Crippen LogP contribution in [0.2, 0.25) is 5.02 Å². The van der Waals surface area contributed by atoms with Crippen LogP contribution in [-0.4, -0.2) is 36.3 Å². The second-order valence-corrected chi connectivity index (χ2v) is 6.11. The minimum atomic E-state index is -0.118. The van der Waals surface area contributed by atoms with Crippen molar-refractivity contribution < 1.29 is 14.3 Å². The maximum Gasteiger partial charge on any atom is 0.220 e. The molecule has 0 aliphatic carbocycles. The minimum absolute atomic E-state index is 0.0271. The van der Waals surface area contributed by atoms with Gasteiger partial charge in [-0.2, -0.15) is 0 Å². The number of halogens is 1. The average molecular weight is 370 g/mol. The summed E-state index contributed by atoms with van der Waals surface area (Å²) in [5.74, 6) is 0.224. The minimum Gasteiger partial charge on any atom is -0.380 e. The zero-order valence-corrected chi connectivity index (χ0v) is 17.2. The van der Waals surface area contributed by atoms with E-state index in [4.69, 9.17) is 16.3 Å². The summed E-state index contributed by atoms with van der Waals surface area (Å²) in [6.45, 7) is 10.8. The number of amides is 1. The standard InChI is InChI=1S/C9H11ClO.C9H15NO2.C2H6/c1-7-5-8(6-11-2)3-4-9(7)10;1-3-9(12)8-5-4-6-10(8)7(2)11;1-2/h3-5H,6H2,1-2H3;8H,3-6H2,1-2H3;1-2H3. The van der Waals surface area contributed by atoms with Crippen LogP contribution in [0.4, 0.5) is 0 Å². The summed E-state index contributed by atoms with van der Waals surface area (Å²) >= 11 is 5.84.